The fourth-order valence-electron chi connectivity index (χ4n) is 5.66. The molecule has 5 rings (SSSR count). The van der Waals surface area contributed by atoms with Gasteiger partial charge in [-0.1, -0.05) is 71.8 Å². The van der Waals surface area contributed by atoms with Gasteiger partial charge in [0.15, 0.2) is 0 Å². The van der Waals surface area contributed by atoms with Crippen LogP contribution in [0.15, 0.2) is 60.7 Å². The van der Waals surface area contributed by atoms with Crippen LogP contribution in [0.1, 0.15) is 44.5 Å². The summed E-state index contributed by atoms with van der Waals surface area (Å²) in [6.07, 6.45) is 0. The molecule has 0 saturated heterocycles. The molecule has 5 aromatic carbocycles. The Morgan fingerprint density at radius 1 is 0.412 bits per heavy atom. The van der Waals surface area contributed by atoms with Gasteiger partial charge < -0.3 is 0 Å². The molecule has 0 aliphatic rings. The molecule has 0 amide bonds. The molecule has 5 aromatic rings. The highest BCUT2D eigenvalue weighted by Crippen LogP contribution is 2.48. The van der Waals surface area contributed by atoms with Gasteiger partial charge in [0.05, 0.1) is 0 Å². The third-order valence-corrected chi connectivity index (χ3v) is 7.97. The number of hydrogen-bond acceptors (Lipinski definition) is 0. The number of rotatable bonds is 2. The molecule has 0 aromatic heterocycles. The Kier molecular flexibility index (Phi) is 5.36. The summed E-state index contributed by atoms with van der Waals surface area (Å²) in [6.45, 7) is 18.1. The maximum Gasteiger partial charge on any atom is -0.00174 e. The van der Waals surface area contributed by atoms with Crippen LogP contribution in [0, 0.1) is 55.4 Å². The molecular weight excluding hydrogens is 408 g/mol. The molecule has 0 heterocycles. The molecular formula is C34H34. The predicted molar refractivity (Wildman–Crippen MR) is 150 cm³/mol. The second-order valence-electron chi connectivity index (χ2n) is 10.2. The zero-order valence-corrected chi connectivity index (χ0v) is 21.8. The molecule has 0 saturated carbocycles. The summed E-state index contributed by atoms with van der Waals surface area (Å²) in [4.78, 5) is 0. The van der Waals surface area contributed by atoms with Gasteiger partial charge in [0.1, 0.15) is 0 Å². The highest BCUT2D eigenvalue weighted by Gasteiger charge is 2.22. The minimum atomic E-state index is 1.29. The molecule has 0 N–H and O–H groups in total. The van der Waals surface area contributed by atoms with E-state index in [2.05, 4.69) is 116 Å². The van der Waals surface area contributed by atoms with Crippen LogP contribution < -0.4 is 0 Å². The summed E-state index contributed by atoms with van der Waals surface area (Å²) in [5, 5.41) is 5.52. The Morgan fingerprint density at radius 3 is 1.15 bits per heavy atom. The van der Waals surface area contributed by atoms with Crippen molar-refractivity contribution in [3.05, 3.63) is 105 Å². The SMILES string of the molecule is Cc1cccc(-c2c(-c3cccc(C)c3)c3c(C)c(C)c(C)cc3c3cc(C)c(C)c(C)c23)c1. The molecule has 0 radical (unpaired) electrons. The van der Waals surface area contributed by atoms with E-state index in [-0.39, 0.29) is 0 Å². The summed E-state index contributed by atoms with van der Waals surface area (Å²) in [7, 11) is 0. The van der Waals surface area contributed by atoms with Crippen molar-refractivity contribution < 1.29 is 0 Å². The first-order valence-corrected chi connectivity index (χ1v) is 12.3. The molecule has 0 bridgehead atoms. The van der Waals surface area contributed by atoms with E-state index < -0.39 is 0 Å². The second kappa shape index (κ2) is 8.13. The van der Waals surface area contributed by atoms with E-state index >= 15 is 0 Å². The maximum absolute atomic E-state index is 2.42. The zero-order valence-electron chi connectivity index (χ0n) is 21.8. The molecule has 0 aliphatic carbocycles. The zero-order chi connectivity index (χ0) is 24.3. The number of benzene rings is 5. The summed E-state index contributed by atoms with van der Waals surface area (Å²) in [6, 6.07) is 22.9. The van der Waals surface area contributed by atoms with E-state index in [1.54, 1.807) is 0 Å². The number of fused-ring (bicyclic) bond motifs is 3. The first-order valence-electron chi connectivity index (χ1n) is 12.3. The van der Waals surface area contributed by atoms with E-state index in [9.17, 15) is 0 Å². The Balaban J connectivity index is 2.18. The van der Waals surface area contributed by atoms with Gasteiger partial charge >= 0.3 is 0 Å². The van der Waals surface area contributed by atoms with Crippen molar-refractivity contribution in [3.63, 3.8) is 0 Å². The Hall–Kier alpha value is -3.38. The van der Waals surface area contributed by atoms with Crippen molar-refractivity contribution in [1.29, 1.82) is 0 Å². The summed E-state index contributed by atoms with van der Waals surface area (Å²) >= 11 is 0. The normalized spacial score (nSPS) is 11.5. The minimum absolute atomic E-state index is 1.29. The summed E-state index contributed by atoms with van der Waals surface area (Å²) < 4.78 is 0. The van der Waals surface area contributed by atoms with Crippen LogP contribution in [0.3, 0.4) is 0 Å². The molecule has 0 unspecified atom stereocenters. The molecule has 0 aliphatic heterocycles. The van der Waals surface area contributed by atoms with E-state index in [0.29, 0.717) is 0 Å². The highest BCUT2D eigenvalue weighted by atomic mass is 14.3. The van der Waals surface area contributed by atoms with Gasteiger partial charge in [-0.3, -0.25) is 0 Å². The first-order chi connectivity index (χ1) is 16.2. The average molecular weight is 443 g/mol. The van der Waals surface area contributed by atoms with E-state index in [1.165, 1.54) is 88.3 Å². The van der Waals surface area contributed by atoms with Crippen LogP contribution in [0.5, 0.6) is 0 Å². The Bertz CT molecular complexity index is 1490. The van der Waals surface area contributed by atoms with Crippen LogP contribution in [0.2, 0.25) is 0 Å². The Morgan fingerprint density at radius 2 is 0.794 bits per heavy atom. The van der Waals surface area contributed by atoms with Crippen LogP contribution >= 0.6 is 0 Å². The van der Waals surface area contributed by atoms with E-state index in [1.807, 2.05) is 0 Å². The summed E-state index contributed by atoms with van der Waals surface area (Å²) in [5.41, 5.74) is 16.2. The number of hydrogen-bond donors (Lipinski definition) is 0. The van der Waals surface area contributed by atoms with Gasteiger partial charge in [-0.2, -0.15) is 0 Å². The van der Waals surface area contributed by atoms with Crippen LogP contribution in [0.25, 0.3) is 43.8 Å². The van der Waals surface area contributed by atoms with Gasteiger partial charge in [-0.05, 0) is 133 Å². The van der Waals surface area contributed by atoms with Gasteiger partial charge in [0.25, 0.3) is 0 Å². The maximum atomic E-state index is 2.42. The van der Waals surface area contributed by atoms with Gasteiger partial charge in [-0.25, -0.2) is 0 Å². The highest BCUT2D eigenvalue weighted by molar-refractivity contribution is 6.23. The van der Waals surface area contributed by atoms with Crippen molar-refractivity contribution in [1.82, 2.24) is 0 Å². The quantitative estimate of drug-likeness (QED) is 0.239. The largest absolute Gasteiger partial charge is 0.0614 e. The van der Waals surface area contributed by atoms with E-state index in [0.717, 1.165) is 0 Å². The van der Waals surface area contributed by atoms with Crippen LogP contribution in [0.4, 0.5) is 0 Å². The monoisotopic (exact) mass is 442 g/mol. The lowest BCUT2D eigenvalue weighted by Gasteiger charge is -2.24. The van der Waals surface area contributed by atoms with E-state index in [4.69, 9.17) is 0 Å². The van der Waals surface area contributed by atoms with Gasteiger partial charge in [0, 0.05) is 0 Å². The van der Waals surface area contributed by atoms with Crippen molar-refractivity contribution >= 4 is 21.5 Å². The molecule has 0 spiro atoms. The molecule has 170 valence electrons. The van der Waals surface area contributed by atoms with Crippen LogP contribution in [-0.2, 0) is 0 Å². The molecule has 0 atom stereocenters. The fraction of sp³-hybridized carbons (Fsp3) is 0.235. The first kappa shape index (κ1) is 22.4. The standard InChI is InChI=1S/C34H34/c1-19-11-9-13-27(15-19)33-31-25(7)23(5)21(3)17-29(31)30-18-22(4)24(6)26(8)32(30)34(33)28-14-10-12-20(2)16-28/h9-18H,1-8H3. The smallest absolute Gasteiger partial charge is 0.00174 e. The average Bonchev–Trinajstić information content (AvgIpc) is 2.80. The predicted octanol–water partition coefficient (Wildman–Crippen LogP) is 9.79. The number of aryl methyl sites for hydroxylation is 6. The lowest BCUT2D eigenvalue weighted by atomic mass is 9.79. The van der Waals surface area contributed by atoms with Crippen molar-refractivity contribution in [2.45, 2.75) is 55.4 Å². The second-order valence-corrected chi connectivity index (χ2v) is 10.2. The van der Waals surface area contributed by atoms with Gasteiger partial charge in [0.2, 0.25) is 0 Å². The molecule has 0 heteroatoms. The molecule has 34 heavy (non-hydrogen) atoms. The molecule has 0 nitrogen and oxygen atoms in total. The minimum Gasteiger partial charge on any atom is -0.0614 e. The molecule has 0 fully saturated rings. The van der Waals surface area contributed by atoms with Crippen molar-refractivity contribution in [2.24, 2.45) is 0 Å². The topological polar surface area (TPSA) is 0 Å². The third kappa shape index (κ3) is 3.36. The third-order valence-electron chi connectivity index (χ3n) is 7.97. The fourth-order valence-corrected chi connectivity index (χ4v) is 5.66. The van der Waals surface area contributed by atoms with Crippen molar-refractivity contribution in [3.8, 4) is 22.3 Å². The van der Waals surface area contributed by atoms with Gasteiger partial charge in [-0.15, -0.1) is 0 Å². The van der Waals surface area contributed by atoms with Crippen molar-refractivity contribution in [2.75, 3.05) is 0 Å². The Labute approximate surface area is 204 Å². The lowest BCUT2D eigenvalue weighted by molar-refractivity contribution is 1.29. The lowest BCUT2D eigenvalue weighted by Crippen LogP contribution is -2.00. The summed E-state index contributed by atoms with van der Waals surface area (Å²) in [5.74, 6) is 0. The van der Waals surface area contributed by atoms with Crippen LogP contribution in [-0.4, -0.2) is 0 Å².